The van der Waals surface area contributed by atoms with Gasteiger partial charge in [-0.05, 0) is 44.2 Å². The Morgan fingerprint density at radius 2 is 1.67 bits per heavy atom. The first-order valence-electron chi connectivity index (χ1n) is 16.2. The van der Waals surface area contributed by atoms with Crippen LogP contribution in [0.1, 0.15) is 82.5 Å². The van der Waals surface area contributed by atoms with E-state index >= 15 is 0 Å². The number of hydrogen-bond acceptors (Lipinski definition) is 7. The Kier molecular flexibility index (Phi) is 14.0. The van der Waals surface area contributed by atoms with Crippen molar-refractivity contribution in [2.24, 2.45) is 5.41 Å². The molecule has 3 rings (SSSR count). The molecular weight excluding hydrogens is 572 g/mol. The lowest BCUT2D eigenvalue weighted by Crippen LogP contribution is -2.72. The number of ether oxygens (including phenoxy) is 2. The minimum absolute atomic E-state index is 0.225. The second-order valence-electron chi connectivity index (χ2n) is 11.5. The molecule has 0 saturated carbocycles. The summed E-state index contributed by atoms with van der Waals surface area (Å²) < 4.78 is 11.4. The zero-order valence-electron chi connectivity index (χ0n) is 27.5. The van der Waals surface area contributed by atoms with E-state index in [1.54, 1.807) is 4.90 Å². The molecule has 1 heterocycles. The zero-order chi connectivity index (χ0) is 32.8. The number of urea groups is 1. The van der Waals surface area contributed by atoms with E-state index in [4.69, 9.17) is 9.47 Å². The van der Waals surface area contributed by atoms with Crippen molar-refractivity contribution in [2.45, 2.75) is 85.6 Å². The third kappa shape index (κ3) is 9.37. The Hall–Kier alpha value is -3.76. The van der Waals surface area contributed by atoms with Gasteiger partial charge in [0.25, 0.3) is 0 Å². The normalized spacial score (nSPS) is 16.1. The molecule has 1 aliphatic heterocycles. The van der Waals surface area contributed by atoms with Crippen LogP contribution in [0.3, 0.4) is 0 Å². The van der Waals surface area contributed by atoms with Gasteiger partial charge in [-0.25, -0.2) is 9.69 Å². The fourth-order valence-corrected chi connectivity index (χ4v) is 5.64. The van der Waals surface area contributed by atoms with Crippen LogP contribution in [0.5, 0.6) is 0 Å². The Morgan fingerprint density at radius 3 is 2.29 bits per heavy atom. The Morgan fingerprint density at radius 1 is 0.978 bits per heavy atom. The van der Waals surface area contributed by atoms with Crippen LogP contribution in [0.4, 0.5) is 4.79 Å². The summed E-state index contributed by atoms with van der Waals surface area (Å²) in [6.07, 6.45) is 1.97. The topological polar surface area (TPSA) is 117 Å². The third-order valence-electron chi connectivity index (χ3n) is 8.59. The maximum absolute atomic E-state index is 13.5. The quantitative estimate of drug-likeness (QED) is 0.135. The van der Waals surface area contributed by atoms with E-state index < -0.39 is 17.7 Å². The van der Waals surface area contributed by atoms with Crippen LogP contribution in [0.2, 0.25) is 0 Å². The highest BCUT2D eigenvalue weighted by Crippen LogP contribution is 2.46. The molecule has 0 radical (unpaired) electrons. The van der Waals surface area contributed by atoms with E-state index in [2.05, 4.69) is 17.6 Å². The van der Waals surface area contributed by atoms with Crippen molar-refractivity contribution in [1.29, 1.82) is 0 Å². The first-order chi connectivity index (χ1) is 21.7. The molecule has 1 aliphatic rings. The van der Waals surface area contributed by atoms with Crippen LogP contribution in [-0.4, -0.2) is 72.6 Å². The molecule has 2 atom stereocenters. The van der Waals surface area contributed by atoms with Gasteiger partial charge < -0.3 is 25.0 Å². The minimum Gasteiger partial charge on any atom is -0.461 e. The lowest BCUT2D eigenvalue weighted by Gasteiger charge is -2.53. The van der Waals surface area contributed by atoms with Crippen molar-refractivity contribution < 1.29 is 28.7 Å². The van der Waals surface area contributed by atoms with Crippen LogP contribution in [-0.2, 0) is 30.5 Å². The molecule has 0 aliphatic carbocycles. The molecule has 4 amide bonds. The SMILES string of the molecule is CCCC(NC(=O)N1C(=O)C(CC)(CC)C1OCC(=O)N(CC)CCNCCC(=O)OCc1ccccc1)c1ccc(C)cc1. The van der Waals surface area contributed by atoms with Gasteiger partial charge in [0.2, 0.25) is 11.8 Å². The van der Waals surface area contributed by atoms with Gasteiger partial charge in [0.05, 0.1) is 17.9 Å². The molecule has 2 aromatic carbocycles. The molecule has 0 aromatic heterocycles. The van der Waals surface area contributed by atoms with E-state index in [-0.39, 0.29) is 43.5 Å². The number of rotatable bonds is 18. The number of hydrogen-bond donors (Lipinski definition) is 2. The smallest absolute Gasteiger partial charge is 0.326 e. The highest BCUT2D eigenvalue weighted by Gasteiger charge is 2.62. The zero-order valence-corrected chi connectivity index (χ0v) is 27.5. The number of carbonyl (C=O) groups excluding carboxylic acids is 4. The van der Waals surface area contributed by atoms with Gasteiger partial charge in [-0.1, -0.05) is 87.4 Å². The second kappa shape index (κ2) is 17.7. The number of benzene rings is 2. The second-order valence-corrected chi connectivity index (χ2v) is 11.5. The number of nitrogens with zero attached hydrogens (tertiary/aromatic N) is 2. The standard InChI is InChI=1S/C35H50N4O6/c1-6-13-29(28-18-16-26(5)17-19-28)37-34(43)39-32(42)35(7-2,8-3)33(39)45-25-30(40)38(9-4)23-22-36-21-20-31(41)44-24-27-14-11-10-12-15-27/h10-12,14-19,29,33,36H,6-9,13,20-25H2,1-5H3,(H,37,43). The molecule has 1 fully saturated rings. The highest BCUT2D eigenvalue weighted by molar-refractivity contribution is 6.03. The van der Waals surface area contributed by atoms with Crippen molar-refractivity contribution in [3.63, 3.8) is 0 Å². The van der Waals surface area contributed by atoms with Crippen LogP contribution in [0.15, 0.2) is 54.6 Å². The Labute approximate surface area is 267 Å². The van der Waals surface area contributed by atoms with Crippen LogP contribution in [0, 0.1) is 12.3 Å². The van der Waals surface area contributed by atoms with Crippen LogP contribution >= 0.6 is 0 Å². The third-order valence-corrected chi connectivity index (χ3v) is 8.59. The summed E-state index contributed by atoms with van der Waals surface area (Å²) in [5.41, 5.74) is 2.19. The van der Waals surface area contributed by atoms with E-state index in [9.17, 15) is 19.2 Å². The van der Waals surface area contributed by atoms with Crippen molar-refractivity contribution in [2.75, 3.05) is 32.8 Å². The molecule has 1 saturated heterocycles. The molecule has 2 aromatic rings. The molecular formula is C35H50N4O6. The van der Waals surface area contributed by atoms with Gasteiger partial charge in [-0.3, -0.25) is 14.4 Å². The molecule has 45 heavy (non-hydrogen) atoms. The minimum atomic E-state index is -0.852. The van der Waals surface area contributed by atoms with Gasteiger partial charge in [-0.15, -0.1) is 0 Å². The monoisotopic (exact) mass is 622 g/mol. The van der Waals surface area contributed by atoms with E-state index in [0.717, 1.165) is 34.4 Å². The average Bonchev–Trinajstić information content (AvgIpc) is 3.04. The summed E-state index contributed by atoms with van der Waals surface area (Å²) in [5.74, 6) is -0.798. The number of imide groups is 1. The maximum atomic E-state index is 13.5. The van der Waals surface area contributed by atoms with Crippen molar-refractivity contribution in [3.8, 4) is 0 Å². The molecule has 2 unspecified atom stereocenters. The highest BCUT2D eigenvalue weighted by atomic mass is 16.5. The molecule has 0 bridgehead atoms. The molecule has 0 spiro atoms. The number of nitrogens with one attached hydrogen (secondary N) is 2. The van der Waals surface area contributed by atoms with Gasteiger partial charge in [0.1, 0.15) is 13.2 Å². The number of β-lactam (4-membered cyclic amide) rings is 1. The molecule has 2 N–H and O–H groups in total. The van der Waals surface area contributed by atoms with E-state index in [1.165, 1.54) is 0 Å². The first kappa shape index (κ1) is 35.7. The summed E-state index contributed by atoms with van der Waals surface area (Å²) >= 11 is 0. The summed E-state index contributed by atoms with van der Waals surface area (Å²) in [4.78, 5) is 54.8. The van der Waals surface area contributed by atoms with Crippen molar-refractivity contribution in [1.82, 2.24) is 20.4 Å². The number of amides is 4. The number of likely N-dealkylation sites (tertiary alicyclic amines) is 1. The Balaban J connectivity index is 1.50. The lowest BCUT2D eigenvalue weighted by atomic mass is 9.72. The van der Waals surface area contributed by atoms with Crippen molar-refractivity contribution >= 4 is 23.8 Å². The van der Waals surface area contributed by atoms with Crippen LogP contribution < -0.4 is 10.6 Å². The summed E-state index contributed by atoms with van der Waals surface area (Å²) in [5, 5.41) is 6.22. The number of likely N-dealkylation sites (N-methyl/N-ethyl adjacent to an activating group) is 1. The predicted octanol–water partition coefficient (Wildman–Crippen LogP) is 5.11. The van der Waals surface area contributed by atoms with Crippen molar-refractivity contribution in [3.05, 3.63) is 71.3 Å². The summed E-state index contributed by atoms with van der Waals surface area (Å²) in [6, 6.07) is 16.8. The van der Waals surface area contributed by atoms with Gasteiger partial charge in [0.15, 0.2) is 6.23 Å². The summed E-state index contributed by atoms with van der Waals surface area (Å²) in [7, 11) is 0. The molecule has 10 heteroatoms. The summed E-state index contributed by atoms with van der Waals surface area (Å²) in [6.45, 7) is 11.6. The molecule has 10 nitrogen and oxygen atoms in total. The van der Waals surface area contributed by atoms with Gasteiger partial charge >= 0.3 is 12.0 Å². The predicted molar refractivity (Wildman–Crippen MR) is 173 cm³/mol. The largest absolute Gasteiger partial charge is 0.461 e. The lowest BCUT2D eigenvalue weighted by molar-refractivity contribution is -0.212. The maximum Gasteiger partial charge on any atom is 0.326 e. The first-order valence-corrected chi connectivity index (χ1v) is 16.2. The number of esters is 1. The average molecular weight is 623 g/mol. The fourth-order valence-electron chi connectivity index (χ4n) is 5.64. The van der Waals surface area contributed by atoms with E-state index in [1.807, 2.05) is 82.3 Å². The fraction of sp³-hybridized carbons (Fsp3) is 0.543. The molecule has 246 valence electrons. The van der Waals surface area contributed by atoms with Gasteiger partial charge in [0, 0.05) is 26.2 Å². The number of aryl methyl sites for hydroxylation is 1. The van der Waals surface area contributed by atoms with E-state index in [0.29, 0.717) is 39.0 Å². The Bertz CT molecular complexity index is 1250. The number of carbonyl (C=O) groups is 4. The van der Waals surface area contributed by atoms with Gasteiger partial charge in [-0.2, -0.15) is 0 Å². The van der Waals surface area contributed by atoms with Crippen LogP contribution in [0.25, 0.3) is 0 Å².